The van der Waals surface area contributed by atoms with Gasteiger partial charge in [0.25, 0.3) is 0 Å². The fourth-order valence-electron chi connectivity index (χ4n) is 8.12. The van der Waals surface area contributed by atoms with E-state index < -0.39 is 8.07 Å². The molecule has 39 heavy (non-hydrogen) atoms. The standard InChI is InChI=1S/C37H37NSi/c1-25-23-32-29(27-13-6-5-7-14-27)17-10-18-30(32)36(25)39(3,4)37-26(2)24-33-31(37)19-11-21-35(33)38-22-12-16-28-15-8-9-20-34(28)38/h5-11,13-15,17-21,23-24,36-37H,12,16,22H2,1-4H3. The summed E-state index contributed by atoms with van der Waals surface area (Å²) in [6.07, 6.45) is 7.40. The second-order valence-electron chi connectivity index (χ2n) is 12.3. The summed E-state index contributed by atoms with van der Waals surface area (Å²) in [7, 11) is -1.89. The normalized spacial score (nSPS) is 19.7. The molecule has 4 aromatic rings. The molecule has 0 N–H and O–H groups in total. The summed E-state index contributed by atoms with van der Waals surface area (Å²) in [6.45, 7) is 11.1. The highest BCUT2D eigenvalue weighted by Crippen LogP contribution is 2.54. The van der Waals surface area contributed by atoms with Gasteiger partial charge in [0.15, 0.2) is 0 Å². The molecule has 1 heterocycles. The van der Waals surface area contributed by atoms with Crippen LogP contribution in [0.3, 0.4) is 0 Å². The van der Waals surface area contributed by atoms with Crippen LogP contribution in [-0.4, -0.2) is 14.6 Å². The van der Waals surface area contributed by atoms with E-state index >= 15 is 0 Å². The Morgan fingerprint density at radius 3 is 2.03 bits per heavy atom. The van der Waals surface area contributed by atoms with Gasteiger partial charge >= 0.3 is 0 Å². The van der Waals surface area contributed by atoms with Crippen LogP contribution in [0.2, 0.25) is 13.1 Å². The second-order valence-corrected chi connectivity index (χ2v) is 17.1. The monoisotopic (exact) mass is 523 g/mol. The molecule has 2 atom stereocenters. The van der Waals surface area contributed by atoms with Crippen molar-refractivity contribution in [3.05, 3.63) is 130 Å². The minimum Gasteiger partial charge on any atom is -0.341 e. The van der Waals surface area contributed by atoms with Gasteiger partial charge in [-0.25, -0.2) is 0 Å². The maximum absolute atomic E-state index is 2.64. The van der Waals surface area contributed by atoms with E-state index in [1.165, 1.54) is 63.2 Å². The first kappa shape index (κ1) is 24.4. The summed E-state index contributed by atoms with van der Waals surface area (Å²) >= 11 is 0. The van der Waals surface area contributed by atoms with Gasteiger partial charge in [-0.1, -0.05) is 115 Å². The van der Waals surface area contributed by atoms with E-state index in [0.29, 0.717) is 11.1 Å². The van der Waals surface area contributed by atoms with Crippen LogP contribution in [0.5, 0.6) is 0 Å². The Kier molecular flexibility index (Phi) is 5.79. The van der Waals surface area contributed by atoms with Crippen LogP contribution >= 0.6 is 0 Å². The molecule has 194 valence electrons. The number of fused-ring (bicyclic) bond motifs is 3. The summed E-state index contributed by atoms with van der Waals surface area (Å²) in [5.74, 6) is 0. The fraction of sp³-hybridized carbons (Fsp3) is 0.243. The Morgan fingerprint density at radius 1 is 0.641 bits per heavy atom. The molecule has 0 saturated heterocycles. The van der Waals surface area contributed by atoms with Gasteiger partial charge in [-0.15, -0.1) is 0 Å². The third-order valence-corrected chi connectivity index (χ3v) is 14.0. The molecular formula is C37H37NSi. The summed E-state index contributed by atoms with van der Waals surface area (Å²) < 4.78 is 0. The largest absolute Gasteiger partial charge is 0.341 e. The Morgan fingerprint density at radius 2 is 1.26 bits per heavy atom. The molecule has 2 aliphatic carbocycles. The highest BCUT2D eigenvalue weighted by Gasteiger charge is 2.47. The molecular weight excluding hydrogens is 487 g/mol. The first-order chi connectivity index (χ1) is 18.9. The van der Waals surface area contributed by atoms with Gasteiger partial charge in [0.05, 0.1) is 8.07 Å². The molecule has 1 aliphatic heterocycles. The van der Waals surface area contributed by atoms with Crippen LogP contribution < -0.4 is 4.90 Å². The molecule has 0 saturated carbocycles. The van der Waals surface area contributed by atoms with E-state index in [9.17, 15) is 0 Å². The number of benzene rings is 4. The quantitative estimate of drug-likeness (QED) is 0.241. The van der Waals surface area contributed by atoms with Gasteiger partial charge in [-0.2, -0.15) is 0 Å². The predicted octanol–water partition coefficient (Wildman–Crippen LogP) is 9.93. The number of para-hydroxylation sites is 1. The number of hydrogen-bond donors (Lipinski definition) is 0. The van der Waals surface area contributed by atoms with Crippen molar-refractivity contribution in [3.63, 3.8) is 0 Å². The SMILES string of the molecule is CC1=Cc2c(-c3ccccc3)cccc2C1[Si](C)(C)C1C(C)=Cc2c1cccc2N1CCCc2ccccc21. The molecule has 0 aromatic heterocycles. The van der Waals surface area contributed by atoms with Gasteiger partial charge in [0.2, 0.25) is 0 Å². The van der Waals surface area contributed by atoms with Gasteiger partial charge in [0, 0.05) is 34.6 Å². The van der Waals surface area contributed by atoms with Crippen LogP contribution in [0.1, 0.15) is 59.2 Å². The van der Waals surface area contributed by atoms with Gasteiger partial charge in [0.1, 0.15) is 0 Å². The molecule has 0 spiro atoms. The average Bonchev–Trinajstić information content (AvgIpc) is 3.49. The Balaban J connectivity index is 1.31. The Bertz CT molecular complexity index is 1640. The predicted molar refractivity (Wildman–Crippen MR) is 170 cm³/mol. The van der Waals surface area contributed by atoms with Crippen molar-refractivity contribution >= 4 is 31.6 Å². The average molecular weight is 524 g/mol. The Labute approximate surface area is 234 Å². The molecule has 0 fully saturated rings. The molecule has 2 heteroatoms. The summed E-state index contributed by atoms with van der Waals surface area (Å²) in [5.41, 5.74) is 17.0. The molecule has 4 aromatic carbocycles. The maximum Gasteiger partial charge on any atom is 0.0722 e. The van der Waals surface area contributed by atoms with Crippen LogP contribution in [-0.2, 0) is 6.42 Å². The molecule has 2 unspecified atom stereocenters. The van der Waals surface area contributed by atoms with E-state index in [-0.39, 0.29) is 0 Å². The number of allylic oxidation sites excluding steroid dienone is 2. The fourth-order valence-corrected chi connectivity index (χ4v) is 13.1. The molecule has 1 nitrogen and oxygen atoms in total. The van der Waals surface area contributed by atoms with Gasteiger partial charge in [-0.05, 0) is 72.2 Å². The number of rotatable bonds is 4. The van der Waals surface area contributed by atoms with Crippen molar-refractivity contribution in [2.24, 2.45) is 0 Å². The zero-order chi connectivity index (χ0) is 26.7. The molecule has 0 bridgehead atoms. The van der Waals surface area contributed by atoms with Crippen molar-refractivity contribution in [3.8, 4) is 11.1 Å². The van der Waals surface area contributed by atoms with Gasteiger partial charge < -0.3 is 4.90 Å². The molecule has 0 radical (unpaired) electrons. The minimum atomic E-state index is -1.89. The second kappa shape index (κ2) is 9.24. The minimum absolute atomic E-state index is 0.507. The number of hydrogen-bond acceptors (Lipinski definition) is 1. The lowest BCUT2D eigenvalue weighted by molar-refractivity contribution is 0.766. The lowest BCUT2D eigenvalue weighted by Gasteiger charge is -2.39. The van der Waals surface area contributed by atoms with E-state index in [4.69, 9.17) is 0 Å². The van der Waals surface area contributed by atoms with E-state index in [0.717, 1.165) is 6.54 Å². The van der Waals surface area contributed by atoms with Crippen molar-refractivity contribution in [1.82, 2.24) is 0 Å². The van der Waals surface area contributed by atoms with Crippen LogP contribution in [0.4, 0.5) is 11.4 Å². The number of anilines is 2. The van der Waals surface area contributed by atoms with Crippen molar-refractivity contribution in [1.29, 1.82) is 0 Å². The summed E-state index contributed by atoms with van der Waals surface area (Å²) in [6, 6.07) is 34.0. The van der Waals surface area contributed by atoms with E-state index in [1.807, 2.05) is 0 Å². The van der Waals surface area contributed by atoms with Crippen molar-refractivity contribution in [2.75, 3.05) is 11.4 Å². The van der Waals surface area contributed by atoms with Crippen LogP contribution in [0.25, 0.3) is 23.3 Å². The highest BCUT2D eigenvalue weighted by atomic mass is 28.3. The van der Waals surface area contributed by atoms with Crippen LogP contribution in [0, 0.1) is 0 Å². The molecule has 7 rings (SSSR count). The third kappa shape index (κ3) is 3.80. The Hall–Kier alpha value is -3.62. The van der Waals surface area contributed by atoms with E-state index in [2.05, 4.69) is 135 Å². The number of nitrogens with zero attached hydrogens (tertiary/aromatic N) is 1. The first-order valence-corrected chi connectivity index (χ1v) is 17.6. The molecule has 0 amide bonds. The van der Waals surface area contributed by atoms with Crippen molar-refractivity contribution in [2.45, 2.75) is 50.9 Å². The first-order valence-electron chi connectivity index (χ1n) is 14.5. The maximum atomic E-state index is 2.64. The number of aryl methyl sites for hydroxylation is 1. The van der Waals surface area contributed by atoms with Crippen LogP contribution in [0.15, 0.2) is 102 Å². The lowest BCUT2D eigenvalue weighted by Crippen LogP contribution is -2.42. The van der Waals surface area contributed by atoms with E-state index in [1.54, 1.807) is 11.1 Å². The van der Waals surface area contributed by atoms with Crippen molar-refractivity contribution < 1.29 is 0 Å². The topological polar surface area (TPSA) is 3.24 Å². The third-order valence-electron chi connectivity index (χ3n) is 9.51. The lowest BCUT2D eigenvalue weighted by atomic mass is 9.97. The summed E-state index contributed by atoms with van der Waals surface area (Å²) in [5, 5.41) is 0. The zero-order valence-electron chi connectivity index (χ0n) is 23.5. The zero-order valence-corrected chi connectivity index (χ0v) is 24.5. The van der Waals surface area contributed by atoms with Gasteiger partial charge in [-0.3, -0.25) is 0 Å². The highest BCUT2D eigenvalue weighted by molar-refractivity contribution is 6.81. The summed E-state index contributed by atoms with van der Waals surface area (Å²) in [4.78, 5) is 2.58. The molecule has 3 aliphatic rings. The smallest absolute Gasteiger partial charge is 0.0722 e.